The molecule has 0 spiro atoms. The number of alkyl halides is 1. The van der Waals surface area contributed by atoms with Crippen molar-refractivity contribution in [2.45, 2.75) is 32.6 Å². The lowest BCUT2D eigenvalue weighted by Crippen LogP contribution is -2.17. The van der Waals surface area contributed by atoms with E-state index in [2.05, 4.69) is 28.2 Å². The summed E-state index contributed by atoms with van der Waals surface area (Å²) in [6, 6.07) is 7.74. The molecule has 1 aromatic rings. The number of carbonyl (C=O) groups is 2. The molecule has 0 heterocycles. The van der Waals surface area contributed by atoms with E-state index in [1.165, 1.54) is 0 Å². The molecule has 0 radical (unpaired) electrons. The second-order valence-corrected chi connectivity index (χ2v) is 4.72. The minimum Gasteiger partial charge on any atom is -0.325 e. The van der Waals surface area contributed by atoms with E-state index in [1.54, 1.807) is 0 Å². The fourth-order valence-electron chi connectivity index (χ4n) is 1.65. The van der Waals surface area contributed by atoms with Crippen LogP contribution in [0.5, 0.6) is 0 Å². The van der Waals surface area contributed by atoms with E-state index < -0.39 is 0 Å². The van der Waals surface area contributed by atoms with Gasteiger partial charge in [0.15, 0.2) is 5.78 Å². The first-order valence-electron chi connectivity index (χ1n) is 6.12. The number of amides is 1. The molecule has 0 saturated heterocycles. The maximum Gasteiger partial charge on any atom is 0.231 e. The predicted molar refractivity (Wildman–Crippen MR) is 77.1 cm³/mol. The van der Waals surface area contributed by atoms with Gasteiger partial charge in [0.1, 0.15) is 0 Å². The molecule has 3 nitrogen and oxygen atoms in total. The summed E-state index contributed by atoms with van der Waals surface area (Å²) in [5.74, 6) is -0.359. The number of hydrogen-bond acceptors (Lipinski definition) is 2. The number of halogens is 1. The summed E-state index contributed by atoms with van der Waals surface area (Å²) in [6.07, 6.45) is 3.07. The highest BCUT2D eigenvalue weighted by Crippen LogP contribution is 2.17. The molecule has 1 N–H and O–H groups in total. The van der Waals surface area contributed by atoms with Gasteiger partial charge in [-0.05, 0) is 24.5 Å². The van der Waals surface area contributed by atoms with Crippen molar-refractivity contribution in [3.05, 3.63) is 29.8 Å². The molecule has 0 aliphatic rings. The average molecular weight is 312 g/mol. The highest BCUT2D eigenvalue weighted by atomic mass is 79.9. The third-order valence-electron chi connectivity index (χ3n) is 2.60. The molecule has 0 aromatic heterocycles. The van der Waals surface area contributed by atoms with Crippen molar-refractivity contribution < 1.29 is 9.59 Å². The molecular weight excluding hydrogens is 294 g/mol. The van der Waals surface area contributed by atoms with Crippen LogP contribution in [0.1, 0.15) is 31.7 Å². The summed E-state index contributed by atoms with van der Waals surface area (Å²) in [5.41, 5.74) is 1.94. The lowest BCUT2D eigenvalue weighted by molar-refractivity contribution is -0.123. The zero-order valence-electron chi connectivity index (χ0n) is 10.5. The minimum atomic E-state index is -0.247. The molecule has 1 rings (SSSR count). The van der Waals surface area contributed by atoms with Crippen LogP contribution in [0.25, 0.3) is 0 Å². The van der Waals surface area contributed by atoms with E-state index in [0.717, 1.165) is 30.5 Å². The van der Waals surface area contributed by atoms with Gasteiger partial charge in [-0.15, -0.1) is 0 Å². The summed E-state index contributed by atoms with van der Waals surface area (Å²) >= 11 is 3.05. The third-order valence-corrected chi connectivity index (χ3v) is 3.22. The maximum atomic E-state index is 11.7. The number of aryl methyl sites for hydroxylation is 1. The fourth-order valence-corrected chi connectivity index (χ4v) is 1.85. The third kappa shape index (κ3) is 5.00. The van der Waals surface area contributed by atoms with Gasteiger partial charge in [0, 0.05) is 5.69 Å². The molecule has 0 saturated carbocycles. The van der Waals surface area contributed by atoms with Crippen LogP contribution in [-0.2, 0) is 16.0 Å². The van der Waals surface area contributed by atoms with Gasteiger partial charge in [-0.1, -0.05) is 47.5 Å². The highest BCUT2D eigenvalue weighted by Gasteiger charge is 2.10. The average Bonchev–Trinajstić information content (AvgIpc) is 2.37. The molecule has 0 bridgehead atoms. The Bertz CT molecular complexity index is 418. The van der Waals surface area contributed by atoms with Gasteiger partial charge < -0.3 is 5.32 Å². The topological polar surface area (TPSA) is 46.2 Å². The number of nitrogens with one attached hydrogen (secondary N) is 1. The Morgan fingerprint density at radius 2 is 2.00 bits per heavy atom. The summed E-state index contributed by atoms with van der Waals surface area (Å²) in [4.78, 5) is 22.8. The first kappa shape index (κ1) is 14.9. The van der Waals surface area contributed by atoms with E-state index in [9.17, 15) is 9.59 Å². The normalized spacial score (nSPS) is 10.1. The minimum absolute atomic E-state index is 0.0760. The first-order valence-corrected chi connectivity index (χ1v) is 7.25. The maximum absolute atomic E-state index is 11.7. The Hall–Kier alpha value is -1.16. The molecule has 0 aliphatic heterocycles. The number of anilines is 1. The van der Waals surface area contributed by atoms with Gasteiger partial charge in [0.25, 0.3) is 0 Å². The van der Waals surface area contributed by atoms with Crippen LogP contribution < -0.4 is 5.32 Å². The van der Waals surface area contributed by atoms with Gasteiger partial charge in [0.05, 0.1) is 11.8 Å². The van der Waals surface area contributed by atoms with Crippen LogP contribution in [0.3, 0.4) is 0 Å². The largest absolute Gasteiger partial charge is 0.325 e. The first-order chi connectivity index (χ1) is 8.67. The monoisotopic (exact) mass is 311 g/mol. The number of unbranched alkanes of at least 4 members (excludes halogenated alkanes) is 1. The molecule has 1 aromatic carbocycles. The van der Waals surface area contributed by atoms with E-state index in [4.69, 9.17) is 0 Å². The summed E-state index contributed by atoms with van der Waals surface area (Å²) in [5, 5.41) is 3.02. The quantitative estimate of drug-likeness (QED) is 0.620. The fraction of sp³-hybridized carbons (Fsp3) is 0.429. The zero-order valence-corrected chi connectivity index (χ0v) is 12.1. The van der Waals surface area contributed by atoms with Crippen LogP contribution in [0.2, 0.25) is 0 Å². The van der Waals surface area contributed by atoms with E-state index in [-0.39, 0.29) is 23.4 Å². The van der Waals surface area contributed by atoms with Gasteiger partial charge in [-0.2, -0.15) is 0 Å². The lowest BCUT2D eigenvalue weighted by Gasteiger charge is -2.10. The molecule has 0 aliphatic carbocycles. The lowest BCUT2D eigenvalue weighted by atomic mass is 10.1. The van der Waals surface area contributed by atoms with E-state index in [1.807, 2.05) is 24.3 Å². The van der Waals surface area contributed by atoms with Gasteiger partial charge in [-0.25, -0.2) is 0 Å². The smallest absolute Gasteiger partial charge is 0.231 e. The van der Waals surface area contributed by atoms with Crippen molar-refractivity contribution in [1.82, 2.24) is 0 Å². The summed E-state index contributed by atoms with van der Waals surface area (Å²) in [6.45, 7) is 2.13. The Morgan fingerprint density at radius 1 is 1.28 bits per heavy atom. The van der Waals surface area contributed by atoms with E-state index in [0.29, 0.717) is 0 Å². The number of para-hydroxylation sites is 1. The van der Waals surface area contributed by atoms with Gasteiger partial charge in [0.2, 0.25) is 5.91 Å². The standard InChI is InChI=1S/C14H18BrNO2/c1-2-3-6-11-7-4-5-8-13(11)16-14(18)9-12(17)10-15/h4-5,7-8H,2-3,6,9-10H2,1H3,(H,16,18). The molecule has 0 atom stereocenters. The van der Waals surface area contributed by atoms with Crippen molar-refractivity contribution >= 4 is 33.3 Å². The molecule has 98 valence electrons. The molecule has 0 unspecified atom stereocenters. The van der Waals surface area contributed by atoms with Crippen LogP contribution in [0.15, 0.2) is 24.3 Å². The summed E-state index contributed by atoms with van der Waals surface area (Å²) < 4.78 is 0. The van der Waals surface area contributed by atoms with Crippen molar-refractivity contribution in [3.63, 3.8) is 0 Å². The Morgan fingerprint density at radius 3 is 2.67 bits per heavy atom. The Balaban J connectivity index is 2.65. The van der Waals surface area contributed by atoms with Crippen LogP contribution in [0.4, 0.5) is 5.69 Å². The molecule has 0 fully saturated rings. The number of Topliss-reactive ketones (excluding diaryl/α,β-unsaturated/α-hetero) is 1. The number of ketones is 1. The molecular formula is C14H18BrNO2. The second-order valence-electron chi connectivity index (χ2n) is 4.16. The highest BCUT2D eigenvalue weighted by molar-refractivity contribution is 9.09. The number of carbonyl (C=O) groups excluding carboxylic acids is 2. The number of hydrogen-bond donors (Lipinski definition) is 1. The zero-order chi connectivity index (χ0) is 13.4. The van der Waals surface area contributed by atoms with Crippen molar-refractivity contribution in [2.24, 2.45) is 0 Å². The van der Waals surface area contributed by atoms with Crippen molar-refractivity contribution in [2.75, 3.05) is 10.6 Å². The van der Waals surface area contributed by atoms with Crippen molar-refractivity contribution in [1.29, 1.82) is 0 Å². The Kier molecular flexibility index (Phi) is 6.65. The molecule has 18 heavy (non-hydrogen) atoms. The summed E-state index contributed by atoms with van der Waals surface area (Å²) in [7, 11) is 0. The molecule has 4 heteroatoms. The Labute approximate surface area is 116 Å². The van der Waals surface area contributed by atoms with Crippen molar-refractivity contribution in [3.8, 4) is 0 Å². The SMILES string of the molecule is CCCCc1ccccc1NC(=O)CC(=O)CBr. The predicted octanol–water partition coefficient (Wildman–Crippen LogP) is 3.32. The van der Waals surface area contributed by atoms with Crippen LogP contribution in [0, 0.1) is 0 Å². The second kappa shape index (κ2) is 8.03. The number of rotatable bonds is 7. The van der Waals surface area contributed by atoms with Crippen LogP contribution >= 0.6 is 15.9 Å². The van der Waals surface area contributed by atoms with Gasteiger partial charge >= 0.3 is 0 Å². The number of benzene rings is 1. The molecule has 1 amide bonds. The van der Waals surface area contributed by atoms with Gasteiger partial charge in [-0.3, -0.25) is 9.59 Å². The van der Waals surface area contributed by atoms with Crippen LogP contribution in [-0.4, -0.2) is 17.0 Å². The van der Waals surface area contributed by atoms with E-state index >= 15 is 0 Å².